The Balaban J connectivity index is 2.61. The number of carbonyl (C=O) groups is 2. The van der Waals surface area contributed by atoms with Gasteiger partial charge < -0.3 is 15.1 Å². The molecule has 0 fully saturated rings. The van der Waals surface area contributed by atoms with E-state index < -0.39 is 0 Å². The molecule has 5 heteroatoms. The molecule has 0 bridgehead atoms. The molecule has 0 saturated heterocycles. The molecule has 1 aromatic carbocycles. The summed E-state index contributed by atoms with van der Waals surface area (Å²) in [6.45, 7) is 11.4. The molecule has 0 spiro atoms. The number of benzene rings is 1. The molecular formula is C19H31N3O2. The first-order chi connectivity index (χ1) is 11.6. The molecule has 0 saturated carbocycles. The molecule has 1 N–H and O–H groups in total. The van der Waals surface area contributed by atoms with Crippen LogP contribution in [0, 0.1) is 0 Å². The molecule has 5 nitrogen and oxygen atoms in total. The number of nitrogens with zero attached hydrogens (tertiary/aromatic N) is 2. The third kappa shape index (κ3) is 5.87. The van der Waals surface area contributed by atoms with E-state index >= 15 is 0 Å². The highest BCUT2D eigenvalue weighted by molar-refractivity contribution is 5.94. The minimum absolute atomic E-state index is 0.0414. The average molecular weight is 333 g/mol. The smallest absolute Gasteiger partial charge is 0.253 e. The van der Waals surface area contributed by atoms with Crippen molar-refractivity contribution in [2.75, 3.05) is 38.0 Å². The van der Waals surface area contributed by atoms with Crippen LogP contribution in [-0.4, -0.2) is 54.3 Å². The van der Waals surface area contributed by atoms with E-state index in [4.69, 9.17) is 0 Å². The number of hydrogen-bond acceptors (Lipinski definition) is 3. The average Bonchev–Trinajstić information content (AvgIpc) is 2.61. The van der Waals surface area contributed by atoms with Gasteiger partial charge in [-0.2, -0.15) is 0 Å². The molecule has 0 aliphatic carbocycles. The van der Waals surface area contributed by atoms with E-state index in [9.17, 15) is 9.59 Å². The molecule has 24 heavy (non-hydrogen) atoms. The molecule has 0 atom stereocenters. The van der Waals surface area contributed by atoms with Gasteiger partial charge in [0.25, 0.3) is 5.91 Å². The summed E-state index contributed by atoms with van der Waals surface area (Å²) in [6, 6.07) is 7.33. The first kappa shape index (κ1) is 20.0. The topological polar surface area (TPSA) is 52.7 Å². The van der Waals surface area contributed by atoms with Crippen molar-refractivity contribution in [2.24, 2.45) is 0 Å². The van der Waals surface area contributed by atoms with Gasteiger partial charge in [0.1, 0.15) is 0 Å². The van der Waals surface area contributed by atoms with Gasteiger partial charge in [-0.25, -0.2) is 0 Å². The lowest BCUT2D eigenvalue weighted by molar-refractivity contribution is -0.129. The molecule has 0 unspecified atom stereocenters. The monoisotopic (exact) mass is 333 g/mol. The van der Waals surface area contributed by atoms with E-state index in [-0.39, 0.29) is 18.4 Å². The SMILES string of the molecule is CCCN(CCC)C(=O)CNc1ccc(C(=O)N(CC)CC)cc1. The number of amides is 2. The molecule has 134 valence electrons. The summed E-state index contributed by atoms with van der Waals surface area (Å²) in [5.74, 6) is 0.154. The van der Waals surface area contributed by atoms with Crippen LogP contribution in [0.3, 0.4) is 0 Å². The summed E-state index contributed by atoms with van der Waals surface area (Å²) in [5, 5.41) is 3.15. The molecule has 0 aliphatic heterocycles. The minimum Gasteiger partial charge on any atom is -0.376 e. The summed E-state index contributed by atoms with van der Waals surface area (Å²) in [4.78, 5) is 28.2. The van der Waals surface area contributed by atoms with E-state index in [0.29, 0.717) is 18.7 Å². The van der Waals surface area contributed by atoms with E-state index in [1.807, 2.05) is 43.0 Å². The van der Waals surface area contributed by atoms with Crippen LogP contribution in [0.25, 0.3) is 0 Å². The van der Waals surface area contributed by atoms with Crippen LogP contribution in [0.5, 0.6) is 0 Å². The maximum atomic E-state index is 12.3. The molecule has 1 rings (SSSR count). The Labute approximate surface area is 146 Å². The number of hydrogen-bond donors (Lipinski definition) is 1. The molecule has 1 aromatic rings. The Bertz CT molecular complexity index is 504. The maximum absolute atomic E-state index is 12.3. The first-order valence-electron chi connectivity index (χ1n) is 8.98. The van der Waals surface area contributed by atoms with Gasteiger partial charge in [-0.1, -0.05) is 13.8 Å². The predicted molar refractivity (Wildman–Crippen MR) is 99.3 cm³/mol. The highest BCUT2D eigenvalue weighted by Gasteiger charge is 2.13. The first-order valence-corrected chi connectivity index (χ1v) is 8.98. The Morgan fingerprint density at radius 3 is 1.88 bits per heavy atom. The Hall–Kier alpha value is -2.04. The van der Waals surface area contributed by atoms with Gasteiger partial charge >= 0.3 is 0 Å². The standard InChI is InChI=1S/C19H31N3O2/c1-5-13-22(14-6-2)18(23)15-20-17-11-9-16(10-12-17)19(24)21(7-3)8-4/h9-12,20H,5-8,13-15H2,1-4H3. The van der Waals surface area contributed by atoms with Crippen molar-refractivity contribution >= 4 is 17.5 Å². The summed E-state index contributed by atoms with van der Waals surface area (Å²) < 4.78 is 0. The second-order valence-electron chi connectivity index (χ2n) is 5.79. The number of rotatable bonds is 10. The van der Waals surface area contributed by atoms with Gasteiger partial charge in [0.15, 0.2) is 0 Å². The van der Waals surface area contributed by atoms with Gasteiger partial charge in [-0.15, -0.1) is 0 Å². The normalized spacial score (nSPS) is 10.3. The lowest BCUT2D eigenvalue weighted by Gasteiger charge is -2.22. The molecule has 0 aliphatic rings. The van der Waals surface area contributed by atoms with Crippen molar-refractivity contribution in [3.8, 4) is 0 Å². The summed E-state index contributed by atoms with van der Waals surface area (Å²) >= 11 is 0. The molecular weight excluding hydrogens is 302 g/mol. The third-order valence-corrected chi connectivity index (χ3v) is 3.97. The van der Waals surface area contributed by atoms with Gasteiger partial charge in [0, 0.05) is 37.4 Å². The lowest BCUT2D eigenvalue weighted by atomic mass is 10.1. The van der Waals surface area contributed by atoms with Crippen molar-refractivity contribution in [3.05, 3.63) is 29.8 Å². The van der Waals surface area contributed by atoms with Crippen molar-refractivity contribution < 1.29 is 9.59 Å². The van der Waals surface area contributed by atoms with Gasteiger partial charge in [0.2, 0.25) is 5.91 Å². The fourth-order valence-corrected chi connectivity index (χ4v) is 2.61. The van der Waals surface area contributed by atoms with Crippen LogP contribution in [0.15, 0.2) is 24.3 Å². The zero-order valence-corrected chi connectivity index (χ0v) is 15.5. The summed E-state index contributed by atoms with van der Waals surface area (Å²) in [6.07, 6.45) is 1.93. The van der Waals surface area contributed by atoms with Gasteiger partial charge in [-0.05, 0) is 51.0 Å². The van der Waals surface area contributed by atoms with Gasteiger partial charge in [0.05, 0.1) is 6.54 Å². The lowest BCUT2D eigenvalue weighted by Crippen LogP contribution is -2.36. The van der Waals surface area contributed by atoms with Crippen molar-refractivity contribution in [3.63, 3.8) is 0 Å². The highest BCUT2D eigenvalue weighted by atomic mass is 16.2. The van der Waals surface area contributed by atoms with Crippen molar-refractivity contribution in [2.45, 2.75) is 40.5 Å². The minimum atomic E-state index is 0.0414. The van der Waals surface area contributed by atoms with Crippen LogP contribution in [0.4, 0.5) is 5.69 Å². The molecule has 2 amide bonds. The van der Waals surface area contributed by atoms with Crippen LogP contribution < -0.4 is 5.32 Å². The van der Waals surface area contributed by atoms with Gasteiger partial charge in [-0.3, -0.25) is 9.59 Å². The Morgan fingerprint density at radius 2 is 1.42 bits per heavy atom. The van der Waals surface area contributed by atoms with E-state index in [2.05, 4.69) is 19.2 Å². The number of nitrogens with one attached hydrogen (secondary N) is 1. The number of carbonyl (C=O) groups excluding carboxylic acids is 2. The van der Waals surface area contributed by atoms with Crippen molar-refractivity contribution in [1.29, 1.82) is 0 Å². The quantitative estimate of drug-likeness (QED) is 0.715. The number of anilines is 1. The Kier molecular flexibility index (Phi) is 8.90. The predicted octanol–water partition coefficient (Wildman–Crippen LogP) is 3.23. The summed E-state index contributed by atoms with van der Waals surface area (Å²) in [5.41, 5.74) is 1.53. The van der Waals surface area contributed by atoms with Crippen LogP contribution >= 0.6 is 0 Å². The fraction of sp³-hybridized carbons (Fsp3) is 0.579. The second-order valence-corrected chi connectivity index (χ2v) is 5.79. The molecule has 0 radical (unpaired) electrons. The Morgan fingerprint density at radius 1 is 0.875 bits per heavy atom. The van der Waals surface area contributed by atoms with Crippen LogP contribution in [-0.2, 0) is 4.79 Å². The zero-order chi connectivity index (χ0) is 17.9. The van der Waals surface area contributed by atoms with E-state index in [0.717, 1.165) is 31.6 Å². The second kappa shape index (κ2) is 10.7. The third-order valence-electron chi connectivity index (χ3n) is 3.97. The largest absolute Gasteiger partial charge is 0.376 e. The fourth-order valence-electron chi connectivity index (χ4n) is 2.61. The highest BCUT2D eigenvalue weighted by Crippen LogP contribution is 2.12. The zero-order valence-electron chi connectivity index (χ0n) is 15.5. The van der Waals surface area contributed by atoms with E-state index in [1.165, 1.54) is 0 Å². The molecule has 0 aromatic heterocycles. The van der Waals surface area contributed by atoms with Crippen LogP contribution in [0.1, 0.15) is 50.9 Å². The summed E-state index contributed by atoms with van der Waals surface area (Å²) in [7, 11) is 0. The molecule has 0 heterocycles. The van der Waals surface area contributed by atoms with Crippen molar-refractivity contribution in [1.82, 2.24) is 9.80 Å². The van der Waals surface area contributed by atoms with Crippen LogP contribution in [0.2, 0.25) is 0 Å². The maximum Gasteiger partial charge on any atom is 0.253 e. The van der Waals surface area contributed by atoms with E-state index in [1.54, 1.807) is 4.90 Å².